The van der Waals surface area contributed by atoms with Crippen molar-refractivity contribution in [3.05, 3.63) is 0 Å². The number of hydrogen-bond acceptors (Lipinski definition) is 2. The molecule has 0 bridgehead atoms. The van der Waals surface area contributed by atoms with Gasteiger partial charge in [0.05, 0.1) is 5.41 Å². The second-order valence-corrected chi connectivity index (χ2v) is 5.48. The van der Waals surface area contributed by atoms with E-state index in [4.69, 9.17) is 0 Å². The van der Waals surface area contributed by atoms with Crippen molar-refractivity contribution < 1.29 is 9.59 Å². The van der Waals surface area contributed by atoms with E-state index in [1.54, 1.807) is 6.92 Å². The van der Waals surface area contributed by atoms with Crippen molar-refractivity contribution in [3.63, 3.8) is 0 Å². The van der Waals surface area contributed by atoms with Crippen LogP contribution in [0.15, 0.2) is 0 Å². The molecule has 0 N–H and O–H groups in total. The van der Waals surface area contributed by atoms with E-state index in [9.17, 15) is 9.59 Å². The Morgan fingerprint density at radius 3 is 2.11 bits per heavy atom. The van der Waals surface area contributed by atoms with Gasteiger partial charge >= 0.3 is 0 Å². The van der Waals surface area contributed by atoms with Gasteiger partial charge in [-0.2, -0.15) is 0 Å². The highest BCUT2D eigenvalue weighted by atomic mass is 16.1. The summed E-state index contributed by atoms with van der Waals surface area (Å²) >= 11 is 0. The van der Waals surface area contributed by atoms with E-state index >= 15 is 0 Å². The number of ketones is 1. The molecule has 0 aliphatic heterocycles. The van der Waals surface area contributed by atoms with Crippen LogP contribution in [-0.4, -0.2) is 12.1 Å². The van der Waals surface area contributed by atoms with Crippen LogP contribution in [0.4, 0.5) is 0 Å². The summed E-state index contributed by atoms with van der Waals surface area (Å²) in [5.41, 5.74) is -0.844. The minimum Gasteiger partial charge on any atom is -0.299 e. The fourth-order valence-electron chi connectivity index (χ4n) is 2.59. The topological polar surface area (TPSA) is 34.1 Å². The predicted octanol–water partition coefficient (Wildman–Crippen LogP) is 4.47. The van der Waals surface area contributed by atoms with Gasteiger partial charge < -0.3 is 0 Å². The van der Waals surface area contributed by atoms with E-state index in [1.165, 1.54) is 12.8 Å². The van der Waals surface area contributed by atoms with E-state index in [2.05, 4.69) is 20.1 Å². The standard InChI is InChI=1S/C16H29O2/c1-5-7-9-11-14(3)16(13-17,15(4)18)12-10-8-6-2/h14H,5-12H2,1-4H3/t14-,16?/m0/s1. The average Bonchev–Trinajstić information content (AvgIpc) is 2.34. The van der Waals surface area contributed by atoms with Crippen molar-refractivity contribution in [2.45, 2.75) is 79.1 Å². The van der Waals surface area contributed by atoms with Crippen molar-refractivity contribution >= 4 is 12.1 Å². The molecular formula is C16H29O2. The molecule has 0 aliphatic carbocycles. The van der Waals surface area contributed by atoms with E-state index in [0.29, 0.717) is 6.42 Å². The third-order valence-corrected chi connectivity index (χ3v) is 4.07. The molecule has 0 aliphatic rings. The number of carbonyl (C=O) groups is 1. The molecule has 2 heteroatoms. The van der Waals surface area contributed by atoms with E-state index in [-0.39, 0.29) is 11.7 Å². The fraction of sp³-hybridized carbons (Fsp3) is 0.875. The maximum absolute atomic E-state index is 11.9. The molecule has 0 spiro atoms. The van der Waals surface area contributed by atoms with Gasteiger partial charge in [0.25, 0.3) is 0 Å². The molecule has 0 fully saturated rings. The zero-order chi connectivity index (χ0) is 14.0. The molecule has 1 unspecified atom stereocenters. The Balaban J connectivity index is 4.61. The summed E-state index contributed by atoms with van der Waals surface area (Å²) < 4.78 is 0. The molecule has 2 nitrogen and oxygen atoms in total. The normalized spacial score (nSPS) is 16.0. The summed E-state index contributed by atoms with van der Waals surface area (Å²) in [6.07, 6.45) is 10.3. The molecule has 0 aromatic heterocycles. The quantitative estimate of drug-likeness (QED) is 0.402. The van der Waals surface area contributed by atoms with Crippen LogP contribution in [0.1, 0.15) is 79.1 Å². The highest BCUT2D eigenvalue weighted by Crippen LogP contribution is 2.36. The molecule has 1 radical (unpaired) electrons. The highest BCUT2D eigenvalue weighted by Gasteiger charge is 2.40. The monoisotopic (exact) mass is 253 g/mol. The van der Waals surface area contributed by atoms with Crippen LogP contribution in [0.2, 0.25) is 0 Å². The van der Waals surface area contributed by atoms with Crippen LogP contribution in [0, 0.1) is 11.3 Å². The SMILES string of the molecule is CCCCC[C@H](C)C([C]=O)(CCCCC)C(C)=O. The minimum atomic E-state index is -0.844. The van der Waals surface area contributed by atoms with Crippen LogP contribution < -0.4 is 0 Å². The maximum atomic E-state index is 11.9. The molecule has 0 saturated heterocycles. The number of hydrogen-bond donors (Lipinski definition) is 0. The Hall–Kier alpha value is -0.660. The smallest absolute Gasteiger partial charge is 0.213 e. The molecule has 0 rings (SSSR count). The van der Waals surface area contributed by atoms with E-state index < -0.39 is 5.41 Å². The number of unbranched alkanes of at least 4 members (excludes halogenated alkanes) is 4. The Morgan fingerprint density at radius 2 is 1.67 bits per heavy atom. The molecular weight excluding hydrogens is 224 g/mol. The van der Waals surface area contributed by atoms with Crippen molar-refractivity contribution in [2.75, 3.05) is 0 Å². The Labute approximate surface area is 113 Å². The second-order valence-electron chi connectivity index (χ2n) is 5.48. The highest BCUT2D eigenvalue weighted by molar-refractivity contribution is 5.97. The Morgan fingerprint density at radius 1 is 1.11 bits per heavy atom. The van der Waals surface area contributed by atoms with Crippen LogP contribution in [0.25, 0.3) is 0 Å². The van der Waals surface area contributed by atoms with Crippen molar-refractivity contribution in [1.29, 1.82) is 0 Å². The largest absolute Gasteiger partial charge is 0.299 e. The summed E-state index contributed by atoms with van der Waals surface area (Å²) in [4.78, 5) is 23.3. The molecule has 0 saturated carbocycles. The Kier molecular flexibility index (Phi) is 8.95. The van der Waals surface area contributed by atoms with Gasteiger partial charge in [-0.15, -0.1) is 0 Å². The first kappa shape index (κ1) is 17.3. The molecule has 0 amide bonds. The molecule has 105 valence electrons. The van der Waals surface area contributed by atoms with Gasteiger partial charge in [-0.05, 0) is 25.7 Å². The molecule has 0 heterocycles. The lowest BCUT2D eigenvalue weighted by Gasteiger charge is -2.31. The lowest BCUT2D eigenvalue weighted by molar-refractivity contribution is -0.125. The van der Waals surface area contributed by atoms with Gasteiger partial charge in [-0.1, -0.05) is 59.3 Å². The minimum absolute atomic E-state index is 0.00222. The second kappa shape index (κ2) is 9.29. The predicted molar refractivity (Wildman–Crippen MR) is 76.3 cm³/mol. The van der Waals surface area contributed by atoms with E-state index in [1.807, 2.05) is 6.92 Å². The van der Waals surface area contributed by atoms with Gasteiger partial charge in [0.2, 0.25) is 6.29 Å². The molecule has 2 atom stereocenters. The summed E-state index contributed by atoms with van der Waals surface area (Å²) in [5, 5.41) is 0. The van der Waals surface area contributed by atoms with Gasteiger partial charge in [0, 0.05) is 0 Å². The lowest BCUT2D eigenvalue weighted by Crippen LogP contribution is -2.37. The lowest BCUT2D eigenvalue weighted by atomic mass is 9.69. The van der Waals surface area contributed by atoms with Crippen LogP contribution in [0.5, 0.6) is 0 Å². The van der Waals surface area contributed by atoms with Gasteiger partial charge in [0.15, 0.2) is 0 Å². The van der Waals surface area contributed by atoms with Gasteiger partial charge in [0.1, 0.15) is 5.78 Å². The summed E-state index contributed by atoms with van der Waals surface area (Å²) in [6, 6.07) is 0. The molecule has 0 aromatic rings. The molecule has 0 aromatic carbocycles. The van der Waals surface area contributed by atoms with Gasteiger partial charge in [-0.3, -0.25) is 9.59 Å². The van der Waals surface area contributed by atoms with Crippen LogP contribution in [-0.2, 0) is 9.59 Å². The Bertz CT molecular complexity index is 247. The fourth-order valence-corrected chi connectivity index (χ4v) is 2.59. The molecule has 18 heavy (non-hydrogen) atoms. The van der Waals surface area contributed by atoms with Crippen LogP contribution in [0.3, 0.4) is 0 Å². The maximum Gasteiger partial charge on any atom is 0.213 e. The van der Waals surface area contributed by atoms with Crippen LogP contribution >= 0.6 is 0 Å². The number of rotatable bonds is 11. The third-order valence-electron chi connectivity index (χ3n) is 4.07. The average molecular weight is 253 g/mol. The first-order valence-corrected chi connectivity index (χ1v) is 7.45. The first-order chi connectivity index (χ1) is 8.55. The summed E-state index contributed by atoms with van der Waals surface area (Å²) in [7, 11) is 0. The van der Waals surface area contributed by atoms with Gasteiger partial charge in [-0.25, -0.2) is 0 Å². The first-order valence-electron chi connectivity index (χ1n) is 7.45. The van der Waals surface area contributed by atoms with E-state index in [0.717, 1.165) is 32.1 Å². The third kappa shape index (κ3) is 4.91. The zero-order valence-electron chi connectivity index (χ0n) is 12.6. The summed E-state index contributed by atoms with van der Waals surface area (Å²) in [5.74, 6) is 0.119. The number of carbonyl (C=O) groups excluding carboxylic acids is 2. The van der Waals surface area contributed by atoms with Crippen molar-refractivity contribution in [3.8, 4) is 0 Å². The van der Waals surface area contributed by atoms with Crippen molar-refractivity contribution in [1.82, 2.24) is 0 Å². The number of Topliss-reactive ketones (excluding diaryl/α,β-unsaturated/α-hetero) is 1. The van der Waals surface area contributed by atoms with Crippen molar-refractivity contribution in [2.24, 2.45) is 11.3 Å². The zero-order valence-corrected chi connectivity index (χ0v) is 12.6. The summed E-state index contributed by atoms with van der Waals surface area (Å²) in [6.45, 7) is 7.88.